The molecule has 2 heterocycles. The molecule has 132 valence electrons. The number of fused-ring (bicyclic) bond motifs is 1. The molecule has 0 aliphatic carbocycles. The molecule has 0 aliphatic heterocycles. The van der Waals surface area contributed by atoms with Gasteiger partial charge in [-0.2, -0.15) is 5.10 Å². The number of aromatic nitrogens is 3. The fourth-order valence-corrected chi connectivity index (χ4v) is 2.93. The molecule has 2 aromatic carbocycles. The number of aromatic amines is 1. The lowest BCUT2D eigenvalue weighted by atomic mass is 10.0. The first-order chi connectivity index (χ1) is 13.2. The zero-order valence-electron chi connectivity index (χ0n) is 14.8. The minimum Gasteiger partial charge on any atom is -0.388 e. The lowest BCUT2D eigenvalue weighted by Gasteiger charge is -2.04. The zero-order valence-corrected chi connectivity index (χ0v) is 14.8. The van der Waals surface area contributed by atoms with E-state index in [1.807, 2.05) is 79.9 Å². The molecule has 2 N–H and O–H groups in total. The Hall–Kier alpha value is -3.73. The van der Waals surface area contributed by atoms with Crippen LogP contribution in [-0.4, -0.2) is 28.0 Å². The van der Waals surface area contributed by atoms with Crippen LogP contribution < -0.4 is 5.32 Å². The number of benzene rings is 2. The predicted molar refractivity (Wildman–Crippen MR) is 109 cm³/mol. The number of nitrogens with one attached hydrogen (secondary N) is 2. The van der Waals surface area contributed by atoms with E-state index in [9.17, 15) is 4.79 Å². The van der Waals surface area contributed by atoms with Crippen molar-refractivity contribution in [3.63, 3.8) is 0 Å². The van der Waals surface area contributed by atoms with Gasteiger partial charge < -0.3 is 5.32 Å². The quantitative estimate of drug-likeness (QED) is 0.521. The molecule has 0 saturated heterocycles. The molecule has 5 nitrogen and oxygen atoms in total. The van der Waals surface area contributed by atoms with E-state index in [0.717, 1.165) is 28.0 Å². The molecule has 0 saturated carbocycles. The number of rotatable bonds is 5. The Morgan fingerprint density at radius 2 is 1.89 bits per heavy atom. The summed E-state index contributed by atoms with van der Waals surface area (Å²) >= 11 is 0. The maximum Gasteiger partial charge on any atom is 0.193 e. The molecule has 0 fully saturated rings. The lowest BCUT2D eigenvalue weighted by Crippen LogP contribution is -2.02. The van der Waals surface area contributed by atoms with Gasteiger partial charge in [0.05, 0.1) is 16.9 Å². The third-order valence-electron chi connectivity index (χ3n) is 4.37. The summed E-state index contributed by atoms with van der Waals surface area (Å²) in [7, 11) is 1.83. The number of nitrogens with zero attached hydrogens (tertiary/aromatic N) is 2. The highest BCUT2D eigenvalue weighted by Crippen LogP contribution is 2.22. The Balaban J connectivity index is 1.64. The second-order valence-electron chi connectivity index (χ2n) is 6.12. The van der Waals surface area contributed by atoms with Crippen molar-refractivity contribution in [1.82, 2.24) is 15.2 Å². The maximum absolute atomic E-state index is 12.8. The van der Waals surface area contributed by atoms with Gasteiger partial charge in [-0.15, -0.1) is 0 Å². The van der Waals surface area contributed by atoms with Gasteiger partial charge in [0.15, 0.2) is 5.78 Å². The van der Waals surface area contributed by atoms with E-state index < -0.39 is 0 Å². The molecule has 0 bridgehead atoms. The molecule has 2 aromatic heterocycles. The number of anilines is 1. The highest BCUT2D eigenvalue weighted by Gasteiger charge is 2.12. The molecule has 0 amide bonds. The highest BCUT2D eigenvalue weighted by molar-refractivity contribution is 6.11. The number of ketones is 1. The number of pyridine rings is 1. The van der Waals surface area contributed by atoms with Crippen molar-refractivity contribution in [3.8, 4) is 0 Å². The Labute approximate surface area is 156 Å². The molecular formula is C22H18N4O. The first kappa shape index (κ1) is 16.7. The van der Waals surface area contributed by atoms with Crippen LogP contribution in [0.15, 0.2) is 66.9 Å². The van der Waals surface area contributed by atoms with Gasteiger partial charge in [-0.3, -0.25) is 14.9 Å². The van der Waals surface area contributed by atoms with Crippen LogP contribution >= 0.6 is 0 Å². The van der Waals surface area contributed by atoms with Crippen LogP contribution in [0.25, 0.3) is 23.1 Å². The Bertz CT molecular complexity index is 1130. The molecule has 0 radical (unpaired) electrons. The standard InChI is InChI=1S/C22H18N4O/c1-23-18-7-4-5-15(13-18)22(27)16-8-10-19-20(25-26-21(19)14-16)11-9-17-6-2-3-12-24-17/h2-14,23H,1H3,(H,25,26)/b11-9+. The summed E-state index contributed by atoms with van der Waals surface area (Å²) in [5.41, 5.74) is 4.68. The fourth-order valence-electron chi connectivity index (χ4n) is 2.93. The number of carbonyl (C=O) groups is 1. The largest absolute Gasteiger partial charge is 0.388 e. The van der Waals surface area contributed by atoms with Crippen LogP contribution in [0.3, 0.4) is 0 Å². The number of carbonyl (C=O) groups excluding carboxylic acids is 1. The molecule has 0 spiro atoms. The van der Waals surface area contributed by atoms with Gasteiger partial charge >= 0.3 is 0 Å². The van der Waals surface area contributed by atoms with Crippen LogP contribution in [0, 0.1) is 0 Å². The minimum absolute atomic E-state index is 0.0193. The van der Waals surface area contributed by atoms with Gasteiger partial charge in [0.2, 0.25) is 0 Å². The Kier molecular flexibility index (Phi) is 4.49. The van der Waals surface area contributed by atoms with Gasteiger partial charge in [0, 0.05) is 35.4 Å². The average Bonchev–Trinajstić information content (AvgIpc) is 3.14. The van der Waals surface area contributed by atoms with Gasteiger partial charge in [0.25, 0.3) is 0 Å². The van der Waals surface area contributed by atoms with Gasteiger partial charge in [0.1, 0.15) is 0 Å². The summed E-state index contributed by atoms with van der Waals surface area (Å²) in [6, 6.07) is 18.8. The lowest BCUT2D eigenvalue weighted by molar-refractivity contribution is 0.103. The summed E-state index contributed by atoms with van der Waals surface area (Å²) in [4.78, 5) is 17.1. The average molecular weight is 354 g/mol. The summed E-state index contributed by atoms with van der Waals surface area (Å²) in [5.74, 6) is -0.0193. The van der Waals surface area contributed by atoms with Gasteiger partial charge in [-0.1, -0.05) is 24.3 Å². The monoisotopic (exact) mass is 354 g/mol. The van der Waals surface area contributed by atoms with E-state index >= 15 is 0 Å². The molecule has 5 heteroatoms. The Morgan fingerprint density at radius 1 is 1.00 bits per heavy atom. The molecule has 0 aliphatic rings. The number of H-pyrrole nitrogens is 1. The van der Waals surface area contributed by atoms with E-state index in [-0.39, 0.29) is 5.78 Å². The van der Waals surface area contributed by atoms with E-state index in [0.29, 0.717) is 11.1 Å². The van der Waals surface area contributed by atoms with Crippen molar-refractivity contribution in [3.05, 3.63) is 89.4 Å². The van der Waals surface area contributed by atoms with E-state index in [4.69, 9.17) is 0 Å². The second kappa shape index (κ2) is 7.25. The van der Waals surface area contributed by atoms with Crippen molar-refractivity contribution < 1.29 is 4.79 Å². The summed E-state index contributed by atoms with van der Waals surface area (Å²) in [6.07, 6.45) is 5.58. The number of hydrogen-bond donors (Lipinski definition) is 2. The molecule has 0 unspecified atom stereocenters. The predicted octanol–water partition coefficient (Wildman–Crippen LogP) is 4.40. The molecule has 4 aromatic rings. The van der Waals surface area contributed by atoms with Crippen molar-refractivity contribution in [2.75, 3.05) is 12.4 Å². The van der Waals surface area contributed by atoms with Crippen molar-refractivity contribution in [1.29, 1.82) is 0 Å². The minimum atomic E-state index is -0.0193. The third kappa shape index (κ3) is 3.48. The van der Waals surface area contributed by atoms with Crippen LogP contribution in [0.2, 0.25) is 0 Å². The van der Waals surface area contributed by atoms with Crippen LogP contribution in [0.5, 0.6) is 0 Å². The van der Waals surface area contributed by atoms with Crippen molar-refractivity contribution in [2.45, 2.75) is 0 Å². The van der Waals surface area contributed by atoms with Crippen LogP contribution in [0.4, 0.5) is 5.69 Å². The first-order valence-electron chi connectivity index (χ1n) is 8.64. The molecule has 4 rings (SSSR count). The third-order valence-corrected chi connectivity index (χ3v) is 4.37. The summed E-state index contributed by atoms with van der Waals surface area (Å²) in [6.45, 7) is 0. The Morgan fingerprint density at radius 3 is 2.70 bits per heavy atom. The van der Waals surface area contributed by atoms with Gasteiger partial charge in [-0.25, -0.2) is 0 Å². The maximum atomic E-state index is 12.8. The van der Waals surface area contributed by atoms with E-state index in [1.165, 1.54) is 0 Å². The van der Waals surface area contributed by atoms with E-state index in [2.05, 4.69) is 20.5 Å². The molecular weight excluding hydrogens is 336 g/mol. The van der Waals surface area contributed by atoms with Crippen molar-refractivity contribution in [2.24, 2.45) is 0 Å². The normalized spacial score (nSPS) is 11.1. The first-order valence-corrected chi connectivity index (χ1v) is 8.64. The fraction of sp³-hybridized carbons (Fsp3) is 0.0455. The summed E-state index contributed by atoms with van der Waals surface area (Å²) < 4.78 is 0. The summed E-state index contributed by atoms with van der Waals surface area (Å²) in [5, 5.41) is 11.4. The highest BCUT2D eigenvalue weighted by atomic mass is 16.1. The second-order valence-corrected chi connectivity index (χ2v) is 6.12. The van der Waals surface area contributed by atoms with Crippen molar-refractivity contribution >= 4 is 34.5 Å². The smallest absolute Gasteiger partial charge is 0.193 e. The van der Waals surface area contributed by atoms with Crippen LogP contribution in [-0.2, 0) is 0 Å². The van der Waals surface area contributed by atoms with Gasteiger partial charge in [-0.05, 0) is 48.6 Å². The zero-order chi connectivity index (χ0) is 18.6. The van der Waals surface area contributed by atoms with E-state index in [1.54, 1.807) is 6.20 Å². The molecule has 0 atom stereocenters. The van der Waals surface area contributed by atoms with Crippen LogP contribution in [0.1, 0.15) is 27.3 Å². The molecule has 27 heavy (non-hydrogen) atoms. The topological polar surface area (TPSA) is 70.7 Å². The number of hydrogen-bond acceptors (Lipinski definition) is 4. The SMILES string of the molecule is CNc1cccc(C(=O)c2ccc3c(/C=C/c4ccccn4)n[nH]c3c2)c1.